The molecule has 11 nitrogen and oxygen atoms in total. The fraction of sp³-hybridized carbons (Fsp3) is 0.0571. The van der Waals surface area contributed by atoms with Gasteiger partial charge in [-0.15, -0.1) is 0 Å². The Morgan fingerprint density at radius 3 is 0.983 bits per heavy atom. The largest absolute Gasteiger partial charge is 0.344 e. The fourth-order valence-electron chi connectivity index (χ4n) is 18.7. The van der Waals surface area contributed by atoms with Crippen LogP contribution in [0.5, 0.6) is 0 Å². The number of hydrogen-bond donors (Lipinski definition) is 0. The van der Waals surface area contributed by atoms with Gasteiger partial charge in [0.2, 0.25) is 0 Å². The first-order valence-electron chi connectivity index (χ1n) is 39.1. The minimum atomic E-state index is 0.596. The van der Waals surface area contributed by atoms with Crippen molar-refractivity contribution in [1.29, 1.82) is 10.5 Å². The van der Waals surface area contributed by atoms with Crippen molar-refractivity contribution in [2.24, 2.45) is 28.2 Å². The molecule has 0 aliphatic carbocycles. The van der Waals surface area contributed by atoms with Crippen LogP contribution in [0.2, 0.25) is 0 Å². The van der Waals surface area contributed by atoms with Crippen LogP contribution in [0.25, 0.3) is 202 Å². The summed E-state index contributed by atoms with van der Waals surface area (Å²) in [6, 6.07) is 122. The van der Waals surface area contributed by atoms with Crippen LogP contribution in [0.4, 0.5) is 5.69 Å². The van der Waals surface area contributed by atoms with E-state index in [0.717, 1.165) is 55.0 Å². The Hall–Kier alpha value is -15.6. The Morgan fingerprint density at radius 2 is 0.500 bits per heavy atom. The van der Waals surface area contributed by atoms with Gasteiger partial charge < -0.3 is 36.5 Å². The smallest absolute Gasteiger partial charge is 0.188 e. The zero-order valence-corrected chi connectivity index (χ0v) is 64.7. The molecular weight excluding hydrogens is 1420 g/mol. The molecule has 0 spiro atoms. The van der Waals surface area contributed by atoms with Crippen LogP contribution in [-0.4, -0.2) is 36.5 Å². The van der Waals surface area contributed by atoms with Crippen LogP contribution in [0.1, 0.15) is 22.3 Å². The molecule has 0 amide bonds. The van der Waals surface area contributed by atoms with Crippen molar-refractivity contribution in [2.75, 3.05) is 0 Å². The molecule has 8 heterocycles. The van der Waals surface area contributed by atoms with E-state index in [4.69, 9.17) is 6.57 Å². The van der Waals surface area contributed by atoms with E-state index >= 15 is 0 Å². The summed E-state index contributed by atoms with van der Waals surface area (Å²) in [5, 5.41) is 39.2. The van der Waals surface area contributed by atoms with Gasteiger partial charge in [0.25, 0.3) is 0 Å². The van der Waals surface area contributed by atoms with Crippen molar-refractivity contribution in [3.8, 4) is 34.9 Å². The van der Waals surface area contributed by atoms with Gasteiger partial charge in [-0.3, -0.25) is 0 Å². The summed E-state index contributed by atoms with van der Waals surface area (Å²) in [7, 11) is 8.51. The maximum absolute atomic E-state index is 9.83. The second-order valence-corrected chi connectivity index (χ2v) is 30.5. The number of aryl methyl sites for hydroxylation is 6. The molecule has 16 aromatic carbocycles. The number of rotatable bonds is 4. The van der Waals surface area contributed by atoms with Crippen LogP contribution in [-0.2, 0) is 28.2 Å². The van der Waals surface area contributed by atoms with Gasteiger partial charge in [0.05, 0.1) is 78.4 Å². The first-order chi connectivity index (χ1) is 56.9. The van der Waals surface area contributed by atoms with Gasteiger partial charge in [-0.1, -0.05) is 200 Å². The Labute approximate surface area is 667 Å². The molecule has 24 aromatic rings. The SMILES string of the molecule is Cc1ccc2c(c1)c1ccccc1n2-c1ccc2c3ccccc3n(C)c2c1.Cc1ccc2c3ccccc3n(-c3ccc4c5ccccc5n(C)c4c3)c2c1.Cn1c2ccccc2c2ccc(-n3c4ccccc4c4cccc(C#N)c43)cc21.[C-]#[N+]c1ccc2c(c1)c1cccc(C#N)c1n2-c1ccc2c(c1)c1ccccc1n2C. The summed E-state index contributed by atoms with van der Waals surface area (Å²) in [5.74, 6) is 0. The molecule has 11 heteroatoms. The molecule has 116 heavy (non-hydrogen) atoms. The lowest BCUT2D eigenvalue weighted by molar-refractivity contribution is 1.01. The van der Waals surface area contributed by atoms with Crippen LogP contribution in [0, 0.1) is 43.1 Å². The van der Waals surface area contributed by atoms with Crippen LogP contribution >= 0.6 is 0 Å². The molecule has 548 valence electrons. The molecule has 0 aliphatic rings. The highest BCUT2D eigenvalue weighted by atomic mass is 15.0. The van der Waals surface area contributed by atoms with E-state index < -0.39 is 0 Å². The maximum atomic E-state index is 9.83. The van der Waals surface area contributed by atoms with Crippen molar-refractivity contribution in [1.82, 2.24) is 36.5 Å². The lowest BCUT2D eigenvalue weighted by Gasteiger charge is -2.10. The molecule has 0 unspecified atom stereocenters. The van der Waals surface area contributed by atoms with Gasteiger partial charge in [-0.2, -0.15) is 10.5 Å². The summed E-state index contributed by atoms with van der Waals surface area (Å²) in [6.07, 6.45) is 0. The maximum Gasteiger partial charge on any atom is 0.188 e. The van der Waals surface area contributed by atoms with Crippen molar-refractivity contribution in [3.05, 3.63) is 367 Å². The summed E-state index contributed by atoms with van der Waals surface area (Å²) in [5.41, 5.74) is 27.8. The van der Waals surface area contributed by atoms with E-state index in [0.29, 0.717) is 16.8 Å². The molecule has 24 rings (SSSR count). The fourth-order valence-corrected chi connectivity index (χ4v) is 18.7. The number of hydrogen-bond acceptors (Lipinski definition) is 2. The predicted octanol–water partition coefficient (Wildman–Crippen LogP) is 26.6. The van der Waals surface area contributed by atoms with Crippen LogP contribution < -0.4 is 0 Å². The highest BCUT2D eigenvalue weighted by molar-refractivity contribution is 6.17. The average Bonchev–Trinajstić information content (AvgIpc) is 1.58. The topological polar surface area (TPSA) is 91.4 Å². The lowest BCUT2D eigenvalue weighted by Crippen LogP contribution is -1.96. The highest BCUT2D eigenvalue weighted by Crippen LogP contribution is 2.43. The third-order valence-corrected chi connectivity index (χ3v) is 24.1. The van der Waals surface area contributed by atoms with E-state index in [2.05, 4.69) is 381 Å². The lowest BCUT2D eigenvalue weighted by atomic mass is 10.1. The van der Waals surface area contributed by atoms with Gasteiger partial charge >= 0.3 is 0 Å². The van der Waals surface area contributed by atoms with E-state index in [1.807, 2.05) is 48.5 Å². The van der Waals surface area contributed by atoms with Crippen molar-refractivity contribution < 1.29 is 0 Å². The van der Waals surface area contributed by atoms with Crippen molar-refractivity contribution in [3.63, 3.8) is 0 Å². The van der Waals surface area contributed by atoms with E-state index in [-0.39, 0.29) is 0 Å². The Kier molecular flexibility index (Phi) is 15.8. The molecule has 0 N–H and O–H groups in total. The van der Waals surface area contributed by atoms with Crippen LogP contribution in [0.3, 0.4) is 0 Å². The first kappa shape index (κ1) is 68.4. The summed E-state index contributed by atoms with van der Waals surface area (Å²) in [6.45, 7) is 11.7. The number of fused-ring (bicyclic) bond motifs is 24. The molecule has 8 aromatic heterocycles. The molecular formula is C105H73N11. The van der Waals surface area contributed by atoms with Gasteiger partial charge in [0, 0.05) is 159 Å². The molecule has 0 fully saturated rings. The third-order valence-electron chi connectivity index (χ3n) is 24.1. The number of nitrogens with zero attached hydrogens (tertiary/aromatic N) is 11. The quantitative estimate of drug-likeness (QED) is 0.164. The summed E-state index contributed by atoms with van der Waals surface area (Å²) >= 11 is 0. The van der Waals surface area contributed by atoms with Gasteiger partial charge in [0.15, 0.2) is 5.69 Å². The Morgan fingerprint density at radius 1 is 0.224 bits per heavy atom. The van der Waals surface area contributed by atoms with E-state index in [1.54, 1.807) is 0 Å². The van der Waals surface area contributed by atoms with E-state index in [9.17, 15) is 10.5 Å². The Balaban J connectivity index is 0.0000000967. The average molecular weight is 1490 g/mol. The normalized spacial score (nSPS) is 11.7. The second-order valence-electron chi connectivity index (χ2n) is 30.5. The van der Waals surface area contributed by atoms with E-state index in [1.165, 1.54) is 153 Å². The third kappa shape index (κ3) is 10.5. The summed E-state index contributed by atoms with van der Waals surface area (Å²) < 4.78 is 18.2. The number of aromatic nitrogens is 8. The second kappa shape index (κ2) is 26.8. The van der Waals surface area contributed by atoms with Crippen molar-refractivity contribution in [2.45, 2.75) is 13.8 Å². The molecule has 0 saturated heterocycles. The molecule has 0 saturated carbocycles. The standard InChI is InChI=1S/C27H16N4.C26H17N3.2C26H20N2/c1-29-18-10-12-26-22(14-18)21-8-5-6-17(16-28)27(21)31(26)19-11-13-25-23(15-19)20-7-3-4-9-24(20)30(25)2;1-28-23-11-4-2-8-19(23)21-14-13-18(15-25(21)28)29-24-12-5-3-9-20(24)22-10-6-7-17(16-27)26(22)29;1-17-11-14-25-22(15-17)20-8-4-6-10-24(20)28(25)18-12-13-21-19-7-3-5-9-23(19)27(2)26(21)16-18;1-17-11-13-22-20-8-4-6-10-24(20)28(26(22)15-17)18-12-14-21-19-7-3-5-9-23(19)27(2)25(21)16-18/h3-15H,2H3;2-15H,1H3;2*3-16H,1-2H3. The molecule has 0 atom stereocenters. The molecule has 0 aliphatic heterocycles. The minimum Gasteiger partial charge on any atom is -0.344 e. The predicted molar refractivity (Wildman–Crippen MR) is 484 cm³/mol. The Bertz CT molecular complexity index is 8410. The summed E-state index contributed by atoms with van der Waals surface area (Å²) in [4.78, 5) is 3.60. The number of benzene rings is 16. The minimum absolute atomic E-state index is 0.596. The van der Waals surface area contributed by atoms with Gasteiger partial charge in [0.1, 0.15) is 12.1 Å². The van der Waals surface area contributed by atoms with Gasteiger partial charge in [-0.25, -0.2) is 4.85 Å². The first-order valence-corrected chi connectivity index (χ1v) is 39.1. The zero-order valence-electron chi connectivity index (χ0n) is 64.7. The van der Waals surface area contributed by atoms with Crippen molar-refractivity contribution >= 4 is 180 Å². The monoisotopic (exact) mass is 1490 g/mol. The van der Waals surface area contributed by atoms with Crippen LogP contribution in [0.15, 0.2) is 334 Å². The zero-order chi connectivity index (χ0) is 78.3. The number of para-hydroxylation sites is 9. The highest BCUT2D eigenvalue weighted by Gasteiger charge is 2.22. The molecule has 0 radical (unpaired) electrons. The number of nitriles is 2. The van der Waals surface area contributed by atoms with Gasteiger partial charge in [-0.05, 0) is 164 Å². The molecule has 0 bridgehead atoms.